The average molecular weight is 338 g/mol. The minimum Gasteiger partial charge on any atom is -0.501 e. The molecule has 0 spiro atoms. The summed E-state index contributed by atoms with van der Waals surface area (Å²) in [5.41, 5.74) is -0.237. The molecule has 0 radical (unpaired) electrons. The second kappa shape index (κ2) is 7.62. The van der Waals surface area contributed by atoms with Crippen LogP contribution in [0.4, 0.5) is 17.2 Å². The molecule has 1 aliphatic carbocycles. The number of aromatic nitrogens is 1. The maximum atomic E-state index is 11.0. The van der Waals surface area contributed by atoms with Gasteiger partial charge in [0.05, 0.1) is 17.6 Å². The average Bonchev–Trinajstić information content (AvgIpc) is 2.64. The number of para-hydroxylation sites is 1. The van der Waals surface area contributed by atoms with Crippen LogP contribution in [0.3, 0.4) is 0 Å². The van der Waals surface area contributed by atoms with E-state index in [2.05, 4.69) is 15.1 Å². The van der Waals surface area contributed by atoms with Gasteiger partial charge in [0.2, 0.25) is 0 Å². The highest BCUT2D eigenvalue weighted by atomic mass is 16.6. The Morgan fingerprint density at radius 3 is 2.64 bits per heavy atom. The van der Waals surface area contributed by atoms with Crippen molar-refractivity contribution in [3.8, 4) is 5.75 Å². The van der Waals surface area contributed by atoms with Crippen molar-refractivity contribution in [2.24, 2.45) is 0 Å². The Morgan fingerprint density at radius 1 is 1.20 bits per heavy atom. The number of nitro groups is 1. The van der Waals surface area contributed by atoms with Gasteiger partial charge in [-0.3, -0.25) is 10.1 Å². The fourth-order valence-corrected chi connectivity index (χ4v) is 3.03. The summed E-state index contributed by atoms with van der Waals surface area (Å²) in [5.74, 6) is 1.16. The summed E-state index contributed by atoms with van der Waals surface area (Å²) in [6.07, 6.45) is 5.21. The van der Waals surface area contributed by atoms with Gasteiger partial charge < -0.3 is 10.1 Å². The molecule has 0 saturated heterocycles. The third kappa shape index (κ3) is 4.04. The molecule has 1 aliphatic rings. The van der Waals surface area contributed by atoms with Crippen LogP contribution in [0.5, 0.6) is 5.75 Å². The minimum atomic E-state index is -0.548. The van der Waals surface area contributed by atoms with Crippen molar-refractivity contribution in [3.05, 3.63) is 64.1 Å². The number of anilines is 1. The Morgan fingerprint density at radius 2 is 2.00 bits per heavy atom. The zero-order valence-corrected chi connectivity index (χ0v) is 13.6. The summed E-state index contributed by atoms with van der Waals surface area (Å²) in [6.45, 7) is 7.22. The number of nitrogens with zero attached hydrogens (tertiary/aromatic N) is 3. The van der Waals surface area contributed by atoms with Gasteiger partial charge in [0.15, 0.2) is 0 Å². The lowest BCUT2D eigenvalue weighted by atomic mass is 9.93. The number of nitro benzene ring substituents is 1. The number of benzene rings is 1. The molecule has 0 amide bonds. The topological polar surface area (TPSA) is 81.6 Å². The Kier molecular flexibility index (Phi) is 5.09. The molecule has 7 nitrogen and oxygen atoms in total. The molecule has 2 aromatic rings. The molecule has 1 aromatic heterocycles. The maximum absolute atomic E-state index is 11.0. The normalized spacial score (nSPS) is 19.6. The predicted octanol–water partition coefficient (Wildman–Crippen LogP) is 4.34. The van der Waals surface area contributed by atoms with Crippen LogP contribution < -0.4 is 10.1 Å². The van der Waals surface area contributed by atoms with Crippen LogP contribution in [-0.2, 0) is 0 Å². The van der Waals surface area contributed by atoms with Gasteiger partial charge in [-0.2, -0.15) is 0 Å². The SMILES string of the molecule is [C-]#[N+]c1c(OC2CCC(Nc3ccccn3)CC2)cccc1[N+](=O)[O-]. The molecular weight excluding hydrogens is 320 g/mol. The lowest BCUT2D eigenvalue weighted by molar-refractivity contribution is -0.383. The van der Waals surface area contributed by atoms with Gasteiger partial charge in [-0.1, -0.05) is 12.1 Å². The van der Waals surface area contributed by atoms with Gasteiger partial charge in [0, 0.05) is 18.3 Å². The molecule has 7 heteroatoms. The van der Waals surface area contributed by atoms with Crippen LogP contribution in [0.2, 0.25) is 0 Å². The molecule has 128 valence electrons. The first kappa shape index (κ1) is 16.7. The monoisotopic (exact) mass is 338 g/mol. The van der Waals surface area contributed by atoms with Crippen molar-refractivity contribution in [1.82, 2.24) is 4.98 Å². The van der Waals surface area contributed by atoms with Crippen LogP contribution in [0.25, 0.3) is 4.85 Å². The fourth-order valence-electron chi connectivity index (χ4n) is 3.03. The highest BCUT2D eigenvalue weighted by Crippen LogP contribution is 2.38. The molecule has 0 aliphatic heterocycles. The molecule has 0 unspecified atom stereocenters. The van der Waals surface area contributed by atoms with Gasteiger partial charge in [0.25, 0.3) is 5.69 Å². The Balaban J connectivity index is 1.60. The van der Waals surface area contributed by atoms with Crippen LogP contribution in [0.15, 0.2) is 42.6 Å². The van der Waals surface area contributed by atoms with E-state index in [1.165, 1.54) is 6.07 Å². The maximum Gasteiger partial charge on any atom is 0.303 e. The molecule has 1 fully saturated rings. The molecule has 3 rings (SSSR count). The van der Waals surface area contributed by atoms with Crippen molar-refractivity contribution in [3.63, 3.8) is 0 Å². The van der Waals surface area contributed by atoms with Crippen LogP contribution >= 0.6 is 0 Å². The van der Waals surface area contributed by atoms with Crippen LogP contribution in [-0.4, -0.2) is 22.1 Å². The zero-order chi connectivity index (χ0) is 17.6. The molecule has 1 aromatic carbocycles. The van der Waals surface area contributed by atoms with Crippen LogP contribution in [0.1, 0.15) is 25.7 Å². The van der Waals surface area contributed by atoms with Gasteiger partial charge in [-0.15, -0.1) is 0 Å². The van der Waals surface area contributed by atoms with E-state index in [1.54, 1.807) is 18.3 Å². The minimum absolute atomic E-state index is 0.0266. The Labute approximate surface area is 145 Å². The summed E-state index contributed by atoms with van der Waals surface area (Å²) in [4.78, 5) is 18.0. The smallest absolute Gasteiger partial charge is 0.303 e. The number of hydrogen-bond donors (Lipinski definition) is 1. The first-order valence-electron chi connectivity index (χ1n) is 8.16. The molecule has 0 atom stereocenters. The van der Waals surface area contributed by atoms with Crippen molar-refractivity contribution in [2.75, 3.05) is 5.32 Å². The van der Waals surface area contributed by atoms with Gasteiger partial charge in [-0.05, 0) is 43.9 Å². The van der Waals surface area contributed by atoms with Gasteiger partial charge >= 0.3 is 5.69 Å². The van der Waals surface area contributed by atoms with E-state index >= 15 is 0 Å². The van der Waals surface area contributed by atoms with Crippen molar-refractivity contribution >= 4 is 17.2 Å². The predicted molar refractivity (Wildman–Crippen MR) is 93.9 cm³/mol. The molecular formula is C18H18N4O3. The molecule has 0 bridgehead atoms. The molecule has 1 heterocycles. The largest absolute Gasteiger partial charge is 0.501 e. The Bertz CT molecular complexity index is 781. The third-order valence-corrected chi connectivity index (χ3v) is 4.27. The lowest BCUT2D eigenvalue weighted by Crippen LogP contribution is -2.31. The van der Waals surface area contributed by atoms with Gasteiger partial charge in [-0.25, -0.2) is 9.83 Å². The first-order valence-corrected chi connectivity index (χ1v) is 8.16. The van der Waals surface area contributed by atoms with E-state index in [1.807, 2.05) is 18.2 Å². The van der Waals surface area contributed by atoms with Crippen molar-refractivity contribution < 1.29 is 9.66 Å². The second-order valence-electron chi connectivity index (χ2n) is 5.94. The number of pyridine rings is 1. The quantitative estimate of drug-likeness (QED) is 0.498. The highest BCUT2D eigenvalue weighted by molar-refractivity contribution is 5.70. The first-order chi connectivity index (χ1) is 12.2. The van der Waals surface area contributed by atoms with E-state index in [0.29, 0.717) is 11.8 Å². The molecule has 1 N–H and O–H groups in total. The van der Waals surface area contributed by atoms with E-state index in [4.69, 9.17) is 11.3 Å². The lowest BCUT2D eigenvalue weighted by Gasteiger charge is -2.30. The number of ether oxygens (including phenoxy) is 1. The standard InChI is InChI=1S/C18H18N4O3/c1-19-18-15(22(23)24)5-4-6-16(18)25-14-10-8-13(9-11-14)21-17-7-2-3-12-20-17/h2-7,12-14H,8-11H2,(H,20,21). The van der Waals surface area contributed by atoms with Crippen molar-refractivity contribution in [2.45, 2.75) is 37.8 Å². The van der Waals surface area contributed by atoms with Gasteiger partial charge in [0.1, 0.15) is 11.6 Å². The van der Waals surface area contributed by atoms with E-state index in [-0.39, 0.29) is 17.5 Å². The van der Waals surface area contributed by atoms with Crippen molar-refractivity contribution in [1.29, 1.82) is 0 Å². The zero-order valence-electron chi connectivity index (χ0n) is 13.6. The highest BCUT2D eigenvalue weighted by Gasteiger charge is 2.25. The van der Waals surface area contributed by atoms with Crippen LogP contribution in [0, 0.1) is 16.7 Å². The van der Waals surface area contributed by atoms with E-state index < -0.39 is 4.92 Å². The summed E-state index contributed by atoms with van der Waals surface area (Å²) < 4.78 is 5.91. The molecule has 25 heavy (non-hydrogen) atoms. The summed E-state index contributed by atoms with van der Waals surface area (Å²) in [5, 5.41) is 14.4. The summed E-state index contributed by atoms with van der Waals surface area (Å²) in [7, 11) is 0. The second-order valence-corrected chi connectivity index (χ2v) is 5.94. The Hall–Kier alpha value is -3.14. The number of nitrogens with one attached hydrogen (secondary N) is 1. The number of rotatable bonds is 5. The summed E-state index contributed by atoms with van der Waals surface area (Å²) >= 11 is 0. The third-order valence-electron chi connectivity index (χ3n) is 4.27. The molecule has 1 saturated carbocycles. The van der Waals surface area contributed by atoms with E-state index in [9.17, 15) is 10.1 Å². The fraction of sp³-hybridized carbons (Fsp3) is 0.333. The summed E-state index contributed by atoms with van der Waals surface area (Å²) in [6, 6.07) is 10.6. The number of hydrogen-bond acceptors (Lipinski definition) is 5. The van der Waals surface area contributed by atoms with E-state index in [0.717, 1.165) is 31.5 Å².